The predicted molar refractivity (Wildman–Crippen MR) is 132 cm³/mol. The van der Waals surface area contributed by atoms with E-state index in [0.717, 1.165) is 11.6 Å². The molecule has 0 saturated carbocycles. The normalized spacial score (nSPS) is 11.3. The number of nitrogens with one attached hydrogen (secondary N) is 1. The summed E-state index contributed by atoms with van der Waals surface area (Å²) < 4.78 is 33.8. The van der Waals surface area contributed by atoms with E-state index in [1.165, 1.54) is 31.0 Å². The summed E-state index contributed by atoms with van der Waals surface area (Å²) in [7, 11) is -2.91. The number of nitrogens with zero attached hydrogens (tertiary/aromatic N) is 1. The van der Waals surface area contributed by atoms with Gasteiger partial charge in [-0.2, -0.15) is 0 Å². The van der Waals surface area contributed by atoms with Crippen molar-refractivity contribution in [2.45, 2.75) is 15.5 Å². The standard InChI is InChI=1S/C24H20N2O6S2/c1-32-22-12-11-17(13-21(22)26(28)29)34(30,31)25-20-14-23(33-15-16-7-3-2-4-8-16)24(27)19-10-6-5-9-18(19)20/h2-14,25,27H,15H2,1H3. The van der Waals surface area contributed by atoms with Crippen LogP contribution >= 0.6 is 11.8 Å². The average molecular weight is 497 g/mol. The number of benzene rings is 4. The van der Waals surface area contributed by atoms with Gasteiger partial charge in [0.1, 0.15) is 5.75 Å². The van der Waals surface area contributed by atoms with E-state index in [4.69, 9.17) is 4.74 Å². The number of thioether (sulfide) groups is 1. The third-order valence-electron chi connectivity index (χ3n) is 5.12. The van der Waals surface area contributed by atoms with E-state index in [0.29, 0.717) is 21.4 Å². The molecule has 2 N–H and O–H groups in total. The van der Waals surface area contributed by atoms with Gasteiger partial charge in [0.25, 0.3) is 10.0 Å². The quantitative estimate of drug-likeness (QED) is 0.142. The third kappa shape index (κ3) is 4.78. The zero-order chi connectivity index (χ0) is 24.3. The van der Waals surface area contributed by atoms with Crippen molar-refractivity contribution in [3.8, 4) is 11.5 Å². The smallest absolute Gasteiger partial charge is 0.312 e. The molecule has 0 aliphatic heterocycles. The van der Waals surface area contributed by atoms with Gasteiger partial charge in [-0.05, 0) is 23.8 Å². The molecule has 0 atom stereocenters. The van der Waals surface area contributed by atoms with E-state index in [1.807, 2.05) is 30.3 Å². The lowest BCUT2D eigenvalue weighted by Gasteiger charge is -2.15. The Kier molecular flexibility index (Phi) is 6.62. The molecule has 4 aromatic carbocycles. The van der Waals surface area contributed by atoms with Crippen LogP contribution in [0.3, 0.4) is 0 Å². The van der Waals surface area contributed by atoms with Crippen LogP contribution < -0.4 is 9.46 Å². The molecule has 0 amide bonds. The minimum absolute atomic E-state index is 0.0429. The number of ether oxygens (including phenoxy) is 1. The second-order valence-corrected chi connectivity index (χ2v) is 9.99. The molecule has 0 bridgehead atoms. The first-order chi connectivity index (χ1) is 16.3. The fraction of sp³-hybridized carbons (Fsp3) is 0.0833. The van der Waals surface area contributed by atoms with Crippen LogP contribution in [0.1, 0.15) is 5.56 Å². The molecule has 8 nitrogen and oxygen atoms in total. The van der Waals surface area contributed by atoms with Gasteiger partial charge in [0, 0.05) is 22.6 Å². The topological polar surface area (TPSA) is 119 Å². The van der Waals surface area contributed by atoms with Crippen molar-refractivity contribution in [2.75, 3.05) is 11.8 Å². The second kappa shape index (κ2) is 9.62. The highest BCUT2D eigenvalue weighted by Crippen LogP contribution is 2.41. The van der Waals surface area contributed by atoms with Crippen LogP contribution in [-0.2, 0) is 15.8 Å². The Hall–Kier alpha value is -3.76. The summed E-state index contributed by atoms with van der Waals surface area (Å²) in [5.41, 5.74) is 0.843. The predicted octanol–water partition coefficient (Wildman–Crippen LogP) is 5.56. The molecule has 0 unspecified atom stereocenters. The number of anilines is 1. The van der Waals surface area contributed by atoms with Crippen molar-refractivity contribution in [1.82, 2.24) is 0 Å². The summed E-state index contributed by atoms with van der Waals surface area (Å²) in [5.74, 6) is 0.585. The number of nitro benzene ring substituents is 1. The Morgan fingerprint density at radius 3 is 2.35 bits per heavy atom. The number of aromatic hydroxyl groups is 1. The van der Waals surface area contributed by atoms with Crippen molar-refractivity contribution in [3.63, 3.8) is 0 Å². The van der Waals surface area contributed by atoms with Crippen LogP contribution in [0, 0.1) is 10.1 Å². The van der Waals surface area contributed by atoms with Crippen LogP contribution in [0.25, 0.3) is 10.8 Å². The lowest BCUT2D eigenvalue weighted by molar-refractivity contribution is -0.386. The maximum Gasteiger partial charge on any atom is 0.312 e. The minimum Gasteiger partial charge on any atom is -0.506 e. The highest BCUT2D eigenvalue weighted by molar-refractivity contribution is 7.98. The van der Waals surface area contributed by atoms with E-state index < -0.39 is 20.6 Å². The van der Waals surface area contributed by atoms with E-state index in [-0.39, 0.29) is 22.1 Å². The van der Waals surface area contributed by atoms with Crippen molar-refractivity contribution in [1.29, 1.82) is 0 Å². The number of sulfonamides is 1. The second-order valence-electron chi connectivity index (χ2n) is 7.29. The number of hydrogen-bond donors (Lipinski definition) is 2. The minimum atomic E-state index is -4.18. The summed E-state index contributed by atoms with van der Waals surface area (Å²) in [6.07, 6.45) is 0. The van der Waals surface area contributed by atoms with Crippen LogP contribution in [0.5, 0.6) is 11.5 Å². The van der Waals surface area contributed by atoms with E-state index in [1.54, 1.807) is 30.3 Å². The molecule has 0 radical (unpaired) electrons. The first kappa shape index (κ1) is 23.4. The molecule has 0 heterocycles. The number of hydrogen-bond acceptors (Lipinski definition) is 7. The Morgan fingerprint density at radius 1 is 1.00 bits per heavy atom. The lowest BCUT2D eigenvalue weighted by atomic mass is 10.1. The molecule has 0 aliphatic carbocycles. The molecule has 10 heteroatoms. The molecular weight excluding hydrogens is 476 g/mol. The van der Waals surface area contributed by atoms with Crippen LogP contribution in [0.2, 0.25) is 0 Å². The van der Waals surface area contributed by atoms with Gasteiger partial charge in [0.15, 0.2) is 5.75 Å². The van der Waals surface area contributed by atoms with Crippen molar-refractivity contribution in [2.24, 2.45) is 0 Å². The Balaban J connectivity index is 1.74. The van der Waals surface area contributed by atoms with Gasteiger partial charge >= 0.3 is 5.69 Å². The van der Waals surface area contributed by atoms with Crippen molar-refractivity contribution >= 4 is 43.9 Å². The van der Waals surface area contributed by atoms with Gasteiger partial charge in [-0.1, -0.05) is 54.6 Å². The molecule has 0 saturated heterocycles. The molecule has 4 rings (SSSR count). The third-order valence-corrected chi connectivity index (χ3v) is 7.58. The molecular formula is C24H20N2O6S2. The number of fused-ring (bicyclic) bond motifs is 1. The number of phenolic OH excluding ortho intramolecular Hbond substituents is 1. The molecule has 4 aromatic rings. The molecule has 34 heavy (non-hydrogen) atoms. The first-order valence-corrected chi connectivity index (χ1v) is 12.5. The molecule has 0 aliphatic rings. The number of nitro groups is 1. The molecule has 174 valence electrons. The van der Waals surface area contributed by atoms with Crippen LogP contribution in [0.15, 0.2) is 88.7 Å². The summed E-state index contributed by atoms with van der Waals surface area (Å²) in [5, 5.41) is 23.2. The van der Waals surface area contributed by atoms with Gasteiger partial charge in [0.2, 0.25) is 0 Å². The zero-order valence-electron chi connectivity index (χ0n) is 18.0. The number of rotatable bonds is 8. The van der Waals surface area contributed by atoms with Crippen molar-refractivity contribution < 1.29 is 23.2 Å². The van der Waals surface area contributed by atoms with Gasteiger partial charge in [-0.3, -0.25) is 14.8 Å². The summed E-state index contributed by atoms with van der Waals surface area (Å²) in [6.45, 7) is 0. The maximum atomic E-state index is 13.2. The van der Waals surface area contributed by atoms with Crippen LogP contribution in [-0.4, -0.2) is 25.6 Å². The SMILES string of the molecule is COc1ccc(S(=O)(=O)Nc2cc(SCc3ccccc3)c(O)c3ccccc23)cc1[N+](=O)[O-]. The van der Waals surface area contributed by atoms with Gasteiger partial charge < -0.3 is 9.84 Å². The fourth-order valence-electron chi connectivity index (χ4n) is 3.45. The largest absolute Gasteiger partial charge is 0.506 e. The Bertz CT molecular complexity index is 1470. The number of methoxy groups -OCH3 is 1. The van der Waals surface area contributed by atoms with E-state index in [9.17, 15) is 23.6 Å². The monoisotopic (exact) mass is 496 g/mol. The summed E-state index contributed by atoms with van der Waals surface area (Å²) in [4.78, 5) is 10.9. The maximum absolute atomic E-state index is 13.2. The molecule has 0 fully saturated rings. The van der Waals surface area contributed by atoms with E-state index >= 15 is 0 Å². The zero-order valence-corrected chi connectivity index (χ0v) is 19.6. The highest BCUT2D eigenvalue weighted by atomic mass is 32.2. The first-order valence-electron chi connectivity index (χ1n) is 10.1. The Labute approximate surface area is 200 Å². The summed E-state index contributed by atoms with van der Waals surface area (Å²) in [6, 6.07) is 21.6. The highest BCUT2D eigenvalue weighted by Gasteiger charge is 2.23. The molecule has 0 spiro atoms. The van der Waals surface area contributed by atoms with Gasteiger partial charge in [-0.15, -0.1) is 11.8 Å². The number of phenols is 1. The van der Waals surface area contributed by atoms with Crippen molar-refractivity contribution in [3.05, 3.63) is 94.5 Å². The summed E-state index contributed by atoms with van der Waals surface area (Å²) >= 11 is 1.37. The van der Waals surface area contributed by atoms with Crippen LogP contribution in [0.4, 0.5) is 11.4 Å². The van der Waals surface area contributed by atoms with Gasteiger partial charge in [0.05, 0.1) is 27.5 Å². The molecule has 0 aromatic heterocycles. The average Bonchev–Trinajstić information content (AvgIpc) is 2.85. The fourth-order valence-corrected chi connectivity index (χ4v) is 5.50. The van der Waals surface area contributed by atoms with E-state index in [2.05, 4.69) is 4.72 Å². The lowest BCUT2D eigenvalue weighted by Crippen LogP contribution is -2.14. The Morgan fingerprint density at radius 2 is 1.68 bits per heavy atom. The van der Waals surface area contributed by atoms with Gasteiger partial charge in [-0.25, -0.2) is 8.42 Å².